The number of sulfonamides is 1. The van der Waals surface area contributed by atoms with Gasteiger partial charge in [-0.05, 0) is 66.1 Å². The molecular weight excluding hydrogens is 751 g/mol. The van der Waals surface area contributed by atoms with Crippen molar-refractivity contribution in [2.24, 2.45) is 0 Å². The van der Waals surface area contributed by atoms with Gasteiger partial charge in [-0.15, -0.1) is 0 Å². The molecule has 9 nitrogen and oxygen atoms in total. The fraction of sp³-hybridized carbons (Fsp3) is 0.302. The summed E-state index contributed by atoms with van der Waals surface area (Å²) in [7, 11) is -3.39. The van der Waals surface area contributed by atoms with Crippen molar-refractivity contribution >= 4 is 39.1 Å². The smallest absolute Gasteiger partial charge is 0.253 e. The maximum absolute atomic E-state index is 12.9. The first kappa shape index (κ1) is 38.8. The molecule has 5 aromatic rings. The van der Waals surface area contributed by atoms with E-state index < -0.39 is 10.0 Å². The highest BCUT2D eigenvalue weighted by atomic mass is 35.5. The van der Waals surface area contributed by atoms with Crippen molar-refractivity contribution in [3.8, 4) is 23.1 Å². The van der Waals surface area contributed by atoms with Crippen LogP contribution in [0.15, 0.2) is 97.1 Å². The van der Waals surface area contributed by atoms with Gasteiger partial charge in [0.05, 0.1) is 17.0 Å². The van der Waals surface area contributed by atoms with Crippen molar-refractivity contribution in [1.82, 2.24) is 29.2 Å². The molecule has 12 heteroatoms. The molecule has 1 saturated heterocycles. The van der Waals surface area contributed by atoms with E-state index in [-0.39, 0.29) is 12.5 Å². The average molecular weight is 796 g/mol. The van der Waals surface area contributed by atoms with Crippen molar-refractivity contribution in [3.63, 3.8) is 0 Å². The Morgan fingerprint density at radius 3 is 2.20 bits per heavy atom. The van der Waals surface area contributed by atoms with E-state index in [2.05, 4.69) is 38.9 Å². The molecule has 3 heterocycles. The van der Waals surface area contributed by atoms with Crippen LogP contribution in [0.25, 0.3) is 11.3 Å². The zero-order valence-electron chi connectivity index (χ0n) is 30.8. The number of nitrogens with zero attached hydrogens (tertiary/aromatic N) is 5. The number of fused-ring (bicyclic) bond motifs is 1. The molecular formula is C43H44Cl2N6O3S. The Labute approximate surface area is 333 Å². The Hall–Kier alpha value is -4.47. The Kier molecular flexibility index (Phi) is 12.4. The Morgan fingerprint density at radius 2 is 1.51 bits per heavy atom. The molecule has 2 aliphatic heterocycles. The van der Waals surface area contributed by atoms with Gasteiger partial charge in [0.15, 0.2) is 0 Å². The molecule has 7 rings (SSSR count). The average Bonchev–Trinajstić information content (AvgIpc) is 3.56. The van der Waals surface area contributed by atoms with Crippen molar-refractivity contribution < 1.29 is 13.2 Å². The van der Waals surface area contributed by atoms with Crippen LogP contribution in [0.5, 0.6) is 0 Å². The number of hydrogen-bond acceptors (Lipinski definition) is 6. The lowest BCUT2D eigenvalue weighted by atomic mass is 10.0. The number of nitrogens with one attached hydrogen (secondary N) is 1. The number of halogens is 2. The summed E-state index contributed by atoms with van der Waals surface area (Å²) in [5, 5.41) is 9.82. The van der Waals surface area contributed by atoms with Crippen LogP contribution < -0.4 is 5.32 Å². The summed E-state index contributed by atoms with van der Waals surface area (Å²) in [6, 6.07) is 31.1. The maximum Gasteiger partial charge on any atom is 0.253 e. The van der Waals surface area contributed by atoms with Crippen LogP contribution in [0, 0.1) is 11.8 Å². The van der Waals surface area contributed by atoms with E-state index >= 15 is 0 Å². The number of aromatic nitrogens is 2. The zero-order valence-corrected chi connectivity index (χ0v) is 33.2. The second-order valence-corrected chi connectivity index (χ2v) is 16.9. The predicted octanol–water partition coefficient (Wildman–Crippen LogP) is 6.71. The van der Waals surface area contributed by atoms with E-state index in [0.717, 1.165) is 83.4 Å². The number of carbonyl (C=O) groups is 1. The van der Waals surface area contributed by atoms with E-state index in [4.69, 9.17) is 28.3 Å². The van der Waals surface area contributed by atoms with Gasteiger partial charge in [0.1, 0.15) is 0 Å². The zero-order chi connectivity index (χ0) is 38.4. The highest BCUT2D eigenvalue weighted by molar-refractivity contribution is 7.88. The molecule has 0 atom stereocenters. The molecule has 1 N–H and O–H groups in total. The fourth-order valence-electron chi connectivity index (χ4n) is 7.12. The van der Waals surface area contributed by atoms with Crippen LogP contribution in [-0.4, -0.2) is 83.7 Å². The second kappa shape index (κ2) is 17.5. The molecule has 4 aromatic carbocycles. The fourth-order valence-corrected chi connectivity index (χ4v) is 8.19. The summed E-state index contributed by atoms with van der Waals surface area (Å²) in [6.45, 7) is 6.81. The van der Waals surface area contributed by atoms with Gasteiger partial charge >= 0.3 is 0 Å². The van der Waals surface area contributed by atoms with Gasteiger partial charge < -0.3 is 10.2 Å². The summed E-state index contributed by atoms with van der Waals surface area (Å²) in [4.78, 5) is 17.2. The van der Waals surface area contributed by atoms with Gasteiger partial charge in [0.25, 0.3) is 5.91 Å². The van der Waals surface area contributed by atoms with Crippen LogP contribution in [0.4, 0.5) is 0 Å². The van der Waals surface area contributed by atoms with E-state index in [1.165, 1.54) is 16.1 Å². The molecule has 2 aliphatic rings. The van der Waals surface area contributed by atoms with Crippen molar-refractivity contribution in [1.29, 1.82) is 0 Å². The number of hydrogen-bond donors (Lipinski definition) is 1. The minimum atomic E-state index is -3.39. The monoisotopic (exact) mass is 794 g/mol. The van der Waals surface area contributed by atoms with Gasteiger partial charge in [-0.2, -0.15) is 9.40 Å². The third kappa shape index (κ3) is 9.86. The number of amides is 1. The van der Waals surface area contributed by atoms with E-state index in [0.29, 0.717) is 43.2 Å². The molecule has 55 heavy (non-hydrogen) atoms. The molecule has 0 bridgehead atoms. The Morgan fingerprint density at radius 1 is 0.818 bits per heavy atom. The van der Waals surface area contributed by atoms with Crippen molar-refractivity contribution in [3.05, 3.63) is 146 Å². The molecule has 1 fully saturated rings. The van der Waals surface area contributed by atoms with E-state index in [1.807, 2.05) is 89.8 Å². The van der Waals surface area contributed by atoms with E-state index in [9.17, 15) is 13.2 Å². The molecule has 1 amide bonds. The van der Waals surface area contributed by atoms with Gasteiger partial charge in [0, 0.05) is 110 Å². The summed E-state index contributed by atoms with van der Waals surface area (Å²) in [5.41, 5.74) is 8.20. The predicted molar refractivity (Wildman–Crippen MR) is 219 cm³/mol. The number of piperazine rings is 1. The SMILES string of the molecule is CS(=O)(=O)N1CCc2c(c(-c3ccc(Cl)c(C#Cc4ccc(CNCc5ccc(Cl)cc5)cc4)c3)nn2CCCN2CCN(C(=O)c3ccccc3)CC2)C1. The highest BCUT2D eigenvalue weighted by Crippen LogP contribution is 2.33. The standard InChI is InChI=1S/C43H44Cl2N6O3S/c1-55(53,54)50-23-20-41-39(31-50)42(47-51(41)22-5-21-48-24-26-49(27-25-48)43(52)35-6-3-2-4-7-35)37-16-19-40(45)36(28-37)15-12-32-8-10-33(11-9-32)29-46-30-34-13-17-38(44)18-14-34/h2-4,6-11,13-14,16-19,28,46H,5,20-27,29-31H2,1H3. The first-order valence-corrected chi connectivity index (χ1v) is 21.2. The lowest BCUT2D eigenvalue weighted by Crippen LogP contribution is -2.48. The summed E-state index contributed by atoms with van der Waals surface area (Å²) in [6.07, 6.45) is 2.72. The third-order valence-corrected chi connectivity index (χ3v) is 12.0. The van der Waals surface area contributed by atoms with Crippen molar-refractivity contribution in [2.45, 2.75) is 39.0 Å². The van der Waals surface area contributed by atoms with Crippen LogP contribution >= 0.6 is 23.2 Å². The minimum absolute atomic E-state index is 0.0831. The molecule has 0 aliphatic carbocycles. The molecule has 284 valence electrons. The first-order chi connectivity index (χ1) is 26.6. The number of rotatable bonds is 11. The summed E-state index contributed by atoms with van der Waals surface area (Å²) >= 11 is 12.7. The van der Waals surface area contributed by atoms with E-state index in [1.54, 1.807) is 0 Å². The van der Waals surface area contributed by atoms with Gasteiger partial charge in [-0.1, -0.05) is 83.6 Å². The summed E-state index contributed by atoms with van der Waals surface area (Å²) in [5.74, 6) is 6.60. The molecule has 0 saturated carbocycles. The van der Waals surface area contributed by atoms with Gasteiger partial charge in [0.2, 0.25) is 10.0 Å². The third-order valence-electron chi connectivity index (χ3n) is 10.2. The van der Waals surface area contributed by atoms with Gasteiger partial charge in [-0.25, -0.2) is 8.42 Å². The van der Waals surface area contributed by atoms with Crippen LogP contribution in [0.3, 0.4) is 0 Å². The lowest BCUT2D eigenvalue weighted by molar-refractivity contribution is 0.0634. The van der Waals surface area contributed by atoms with Gasteiger partial charge in [-0.3, -0.25) is 14.4 Å². The Bertz CT molecular complexity index is 2290. The lowest BCUT2D eigenvalue weighted by Gasteiger charge is -2.34. The van der Waals surface area contributed by atoms with Crippen molar-refractivity contribution in [2.75, 3.05) is 45.5 Å². The number of benzene rings is 4. The number of aryl methyl sites for hydroxylation is 1. The largest absolute Gasteiger partial charge is 0.336 e. The quantitative estimate of drug-likeness (QED) is 0.150. The number of carbonyl (C=O) groups excluding carboxylic acids is 1. The Balaban J connectivity index is 1.02. The molecule has 0 spiro atoms. The van der Waals surface area contributed by atoms with Crippen LogP contribution in [0.2, 0.25) is 10.0 Å². The van der Waals surface area contributed by atoms with Crippen LogP contribution in [0.1, 0.15) is 50.3 Å². The van der Waals surface area contributed by atoms with Crippen LogP contribution in [-0.2, 0) is 42.6 Å². The topological polar surface area (TPSA) is 90.8 Å². The highest BCUT2D eigenvalue weighted by Gasteiger charge is 2.30. The maximum atomic E-state index is 12.9. The summed E-state index contributed by atoms with van der Waals surface area (Å²) < 4.78 is 28.8. The molecule has 0 unspecified atom stereocenters. The first-order valence-electron chi connectivity index (χ1n) is 18.6. The minimum Gasteiger partial charge on any atom is -0.336 e. The normalized spacial score (nSPS) is 15.0. The molecule has 0 radical (unpaired) electrons. The molecule has 1 aromatic heterocycles. The second-order valence-electron chi connectivity index (χ2n) is 14.1.